The number of nitrogens with two attached hydrogens (primary N) is 1. The number of halogens is 1. The fourth-order valence-corrected chi connectivity index (χ4v) is 1.36. The summed E-state index contributed by atoms with van der Waals surface area (Å²) < 4.78 is 18.6. The molecule has 2 atom stereocenters. The predicted octanol–water partition coefficient (Wildman–Crippen LogP) is 2.89. The van der Waals surface area contributed by atoms with Gasteiger partial charge in [-0.25, -0.2) is 4.39 Å². The van der Waals surface area contributed by atoms with Crippen molar-refractivity contribution in [2.45, 2.75) is 33.0 Å². The monoisotopic (exact) mass is 225 g/mol. The van der Waals surface area contributed by atoms with Crippen molar-refractivity contribution < 1.29 is 9.13 Å². The highest BCUT2D eigenvalue weighted by molar-refractivity contribution is 5.19. The Morgan fingerprint density at radius 3 is 2.19 bits per heavy atom. The normalized spacial score (nSPS) is 15.1. The van der Waals surface area contributed by atoms with Crippen molar-refractivity contribution in [1.29, 1.82) is 0 Å². The molecule has 0 saturated carbocycles. The van der Waals surface area contributed by atoms with Gasteiger partial charge in [-0.05, 0) is 30.5 Å². The van der Waals surface area contributed by atoms with Crippen LogP contribution in [0, 0.1) is 11.7 Å². The van der Waals surface area contributed by atoms with Crippen LogP contribution in [-0.4, -0.2) is 12.6 Å². The van der Waals surface area contributed by atoms with Crippen LogP contribution in [-0.2, 0) is 4.74 Å². The topological polar surface area (TPSA) is 35.2 Å². The van der Waals surface area contributed by atoms with Crippen LogP contribution in [0.1, 0.15) is 32.4 Å². The van der Waals surface area contributed by atoms with Crippen LogP contribution in [0.25, 0.3) is 0 Å². The summed E-state index contributed by atoms with van der Waals surface area (Å²) in [6.45, 7) is 6.63. The van der Waals surface area contributed by atoms with Crippen LogP contribution in [0.3, 0.4) is 0 Å². The lowest BCUT2D eigenvalue weighted by Gasteiger charge is -2.24. The Morgan fingerprint density at radius 2 is 1.75 bits per heavy atom. The van der Waals surface area contributed by atoms with E-state index in [0.717, 1.165) is 5.56 Å². The summed E-state index contributed by atoms with van der Waals surface area (Å²) in [6.07, 6.45) is -0.0170. The molecule has 3 heteroatoms. The lowest BCUT2D eigenvalue weighted by atomic mass is 10.1. The standard InChI is InChI=1S/C13H20FNO/c1-9(2)10(3)16-13(8-15)11-4-6-12(14)7-5-11/h4-7,9-10,13H,8,15H2,1-3H3. The van der Waals surface area contributed by atoms with E-state index in [1.165, 1.54) is 12.1 Å². The highest BCUT2D eigenvalue weighted by atomic mass is 19.1. The van der Waals surface area contributed by atoms with E-state index in [1.807, 2.05) is 6.92 Å². The minimum Gasteiger partial charge on any atom is -0.369 e. The molecular formula is C13H20FNO. The second kappa shape index (κ2) is 5.97. The molecule has 0 aliphatic heterocycles. The molecule has 2 nitrogen and oxygen atoms in total. The molecule has 1 rings (SSSR count). The number of hydrogen-bond donors (Lipinski definition) is 1. The quantitative estimate of drug-likeness (QED) is 0.836. The van der Waals surface area contributed by atoms with Crippen molar-refractivity contribution in [2.75, 3.05) is 6.54 Å². The van der Waals surface area contributed by atoms with Crippen LogP contribution in [0.4, 0.5) is 4.39 Å². The zero-order valence-corrected chi connectivity index (χ0v) is 10.1. The zero-order chi connectivity index (χ0) is 12.1. The van der Waals surface area contributed by atoms with Gasteiger partial charge in [-0.15, -0.1) is 0 Å². The number of ether oxygens (including phenoxy) is 1. The van der Waals surface area contributed by atoms with Crippen molar-refractivity contribution >= 4 is 0 Å². The molecule has 2 unspecified atom stereocenters. The first-order valence-corrected chi connectivity index (χ1v) is 5.65. The Hall–Kier alpha value is -0.930. The van der Waals surface area contributed by atoms with Crippen LogP contribution in [0.15, 0.2) is 24.3 Å². The molecule has 0 spiro atoms. The van der Waals surface area contributed by atoms with Crippen LogP contribution < -0.4 is 5.73 Å². The van der Waals surface area contributed by atoms with E-state index in [9.17, 15) is 4.39 Å². The minimum atomic E-state index is -0.239. The second-order valence-corrected chi connectivity index (χ2v) is 4.36. The molecule has 0 heterocycles. The zero-order valence-electron chi connectivity index (χ0n) is 10.1. The smallest absolute Gasteiger partial charge is 0.123 e. The van der Waals surface area contributed by atoms with E-state index in [4.69, 9.17) is 10.5 Å². The summed E-state index contributed by atoms with van der Waals surface area (Å²) in [5, 5.41) is 0. The summed E-state index contributed by atoms with van der Waals surface area (Å²) in [7, 11) is 0. The first kappa shape index (κ1) is 13.1. The molecule has 2 N–H and O–H groups in total. The molecule has 0 aliphatic rings. The molecule has 1 aromatic rings. The molecule has 1 aromatic carbocycles. The number of hydrogen-bond acceptors (Lipinski definition) is 2. The molecule has 0 radical (unpaired) electrons. The van der Waals surface area contributed by atoms with Gasteiger partial charge in [0.2, 0.25) is 0 Å². The Bertz CT molecular complexity index is 310. The molecule has 90 valence electrons. The van der Waals surface area contributed by atoms with Gasteiger partial charge in [0.15, 0.2) is 0 Å². The fourth-order valence-electron chi connectivity index (χ4n) is 1.36. The van der Waals surface area contributed by atoms with E-state index >= 15 is 0 Å². The number of benzene rings is 1. The lowest BCUT2D eigenvalue weighted by Crippen LogP contribution is -2.24. The van der Waals surface area contributed by atoms with Crippen LogP contribution in [0.5, 0.6) is 0 Å². The van der Waals surface area contributed by atoms with E-state index in [0.29, 0.717) is 12.5 Å². The molecule has 0 aliphatic carbocycles. The van der Waals surface area contributed by atoms with Gasteiger partial charge < -0.3 is 10.5 Å². The maximum atomic E-state index is 12.8. The molecule has 0 saturated heterocycles. The SMILES string of the molecule is CC(C)C(C)OC(CN)c1ccc(F)cc1. The third-order valence-electron chi connectivity index (χ3n) is 2.77. The van der Waals surface area contributed by atoms with Crippen molar-refractivity contribution in [3.05, 3.63) is 35.6 Å². The van der Waals surface area contributed by atoms with Gasteiger partial charge in [0.25, 0.3) is 0 Å². The number of rotatable bonds is 5. The van der Waals surface area contributed by atoms with Crippen LogP contribution >= 0.6 is 0 Å². The average molecular weight is 225 g/mol. The van der Waals surface area contributed by atoms with Gasteiger partial charge in [-0.1, -0.05) is 26.0 Å². The summed E-state index contributed by atoms with van der Waals surface area (Å²) >= 11 is 0. The Morgan fingerprint density at radius 1 is 1.19 bits per heavy atom. The molecule has 0 aromatic heterocycles. The highest BCUT2D eigenvalue weighted by Crippen LogP contribution is 2.21. The molecule has 0 fully saturated rings. The maximum absolute atomic E-state index is 12.8. The van der Waals surface area contributed by atoms with Gasteiger partial charge >= 0.3 is 0 Å². The van der Waals surface area contributed by atoms with Crippen molar-refractivity contribution in [1.82, 2.24) is 0 Å². The van der Waals surface area contributed by atoms with E-state index < -0.39 is 0 Å². The van der Waals surface area contributed by atoms with Crippen LogP contribution in [0.2, 0.25) is 0 Å². The van der Waals surface area contributed by atoms with Gasteiger partial charge in [-0.3, -0.25) is 0 Å². The Labute approximate surface area is 96.6 Å². The predicted molar refractivity (Wildman–Crippen MR) is 63.6 cm³/mol. The summed E-state index contributed by atoms with van der Waals surface area (Å²) in [5.74, 6) is 0.200. The molecule has 16 heavy (non-hydrogen) atoms. The first-order valence-electron chi connectivity index (χ1n) is 5.65. The minimum absolute atomic E-state index is 0.138. The van der Waals surface area contributed by atoms with Gasteiger partial charge in [0, 0.05) is 6.54 Å². The molecule has 0 bridgehead atoms. The molecular weight excluding hydrogens is 205 g/mol. The Balaban J connectivity index is 2.70. The third-order valence-corrected chi connectivity index (χ3v) is 2.77. The highest BCUT2D eigenvalue weighted by Gasteiger charge is 2.16. The van der Waals surface area contributed by atoms with E-state index in [-0.39, 0.29) is 18.0 Å². The fraction of sp³-hybridized carbons (Fsp3) is 0.538. The second-order valence-electron chi connectivity index (χ2n) is 4.36. The average Bonchev–Trinajstić information content (AvgIpc) is 2.26. The summed E-state index contributed by atoms with van der Waals surface area (Å²) in [5.41, 5.74) is 6.60. The summed E-state index contributed by atoms with van der Waals surface area (Å²) in [6, 6.07) is 6.31. The molecule has 0 amide bonds. The first-order chi connectivity index (χ1) is 7.54. The van der Waals surface area contributed by atoms with Gasteiger partial charge in [-0.2, -0.15) is 0 Å². The van der Waals surface area contributed by atoms with E-state index in [1.54, 1.807) is 12.1 Å². The lowest BCUT2D eigenvalue weighted by molar-refractivity contribution is -0.0221. The van der Waals surface area contributed by atoms with Crippen molar-refractivity contribution in [3.8, 4) is 0 Å². The third kappa shape index (κ3) is 3.58. The van der Waals surface area contributed by atoms with Crippen molar-refractivity contribution in [2.24, 2.45) is 11.7 Å². The van der Waals surface area contributed by atoms with Crippen molar-refractivity contribution in [3.63, 3.8) is 0 Å². The maximum Gasteiger partial charge on any atom is 0.123 e. The Kier molecular flexibility index (Phi) is 4.90. The van der Waals surface area contributed by atoms with Gasteiger partial charge in [0.05, 0.1) is 12.2 Å². The van der Waals surface area contributed by atoms with Gasteiger partial charge in [0.1, 0.15) is 5.82 Å². The van der Waals surface area contributed by atoms with E-state index in [2.05, 4.69) is 13.8 Å². The summed E-state index contributed by atoms with van der Waals surface area (Å²) in [4.78, 5) is 0. The largest absolute Gasteiger partial charge is 0.369 e.